The van der Waals surface area contributed by atoms with Crippen molar-refractivity contribution < 1.29 is 18.4 Å². The van der Waals surface area contributed by atoms with E-state index in [9.17, 15) is 18.4 Å². The minimum Gasteiger partial charge on any atom is -0.292 e. The molecule has 0 unspecified atom stereocenters. The Morgan fingerprint density at radius 1 is 1.05 bits per heavy atom. The van der Waals surface area contributed by atoms with Gasteiger partial charge in [-0.15, -0.1) is 0 Å². The van der Waals surface area contributed by atoms with E-state index in [2.05, 4.69) is 0 Å². The van der Waals surface area contributed by atoms with E-state index in [1.165, 1.54) is 0 Å². The molecule has 2 heterocycles. The van der Waals surface area contributed by atoms with Crippen LogP contribution in [0.1, 0.15) is 25.7 Å². The van der Waals surface area contributed by atoms with Crippen molar-refractivity contribution in [1.82, 2.24) is 4.90 Å². The van der Waals surface area contributed by atoms with Crippen LogP contribution in [0.5, 0.6) is 0 Å². The van der Waals surface area contributed by atoms with Gasteiger partial charge in [-0.25, -0.2) is 13.7 Å². The summed E-state index contributed by atoms with van der Waals surface area (Å²) in [5.74, 6) is -2.47. The van der Waals surface area contributed by atoms with Crippen molar-refractivity contribution in [3.8, 4) is 0 Å². The average molecular weight is 294 g/mol. The minimum atomic E-state index is -0.893. The number of halogens is 2. The summed E-state index contributed by atoms with van der Waals surface area (Å²) in [4.78, 5) is 27.4. The van der Waals surface area contributed by atoms with E-state index in [-0.39, 0.29) is 12.1 Å². The van der Waals surface area contributed by atoms with Crippen LogP contribution in [0.4, 0.5) is 14.5 Å². The monoisotopic (exact) mass is 294 g/mol. The van der Waals surface area contributed by atoms with Crippen molar-refractivity contribution in [3.63, 3.8) is 0 Å². The van der Waals surface area contributed by atoms with Crippen LogP contribution < -0.4 is 4.90 Å². The molecule has 1 aromatic carbocycles. The van der Waals surface area contributed by atoms with E-state index in [0.717, 1.165) is 49.4 Å². The summed E-state index contributed by atoms with van der Waals surface area (Å²) in [5, 5.41) is 0. The lowest BCUT2D eigenvalue weighted by atomic mass is 10.1. The number of anilines is 1. The highest BCUT2D eigenvalue weighted by molar-refractivity contribution is 6.22. The Bertz CT molecular complexity index is 585. The maximum atomic E-state index is 13.8. The van der Waals surface area contributed by atoms with Gasteiger partial charge in [-0.3, -0.25) is 14.5 Å². The molecule has 2 saturated heterocycles. The third kappa shape index (κ3) is 2.55. The summed E-state index contributed by atoms with van der Waals surface area (Å²) in [6, 6.07) is 2.36. The van der Waals surface area contributed by atoms with Gasteiger partial charge in [0.15, 0.2) is 0 Å². The zero-order valence-electron chi connectivity index (χ0n) is 11.5. The van der Waals surface area contributed by atoms with Gasteiger partial charge in [0.05, 0.1) is 18.2 Å². The van der Waals surface area contributed by atoms with Crippen LogP contribution in [0.25, 0.3) is 0 Å². The molecule has 2 aliphatic rings. The highest BCUT2D eigenvalue weighted by Crippen LogP contribution is 2.29. The number of benzene rings is 1. The molecule has 21 heavy (non-hydrogen) atoms. The van der Waals surface area contributed by atoms with Gasteiger partial charge in [0, 0.05) is 6.07 Å². The fourth-order valence-corrected chi connectivity index (χ4v) is 3.05. The Morgan fingerprint density at radius 2 is 1.76 bits per heavy atom. The number of rotatable bonds is 2. The number of carbonyl (C=O) groups is 2. The molecule has 4 nitrogen and oxygen atoms in total. The zero-order chi connectivity index (χ0) is 15.0. The molecule has 0 aromatic heterocycles. The van der Waals surface area contributed by atoms with E-state index in [1.807, 2.05) is 4.90 Å². The highest BCUT2D eigenvalue weighted by Gasteiger charge is 2.43. The zero-order valence-corrected chi connectivity index (χ0v) is 11.5. The third-order valence-corrected chi connectivity index (χ3v) is 4.10. The van der Waals surface area contributed by atoms with Gasteiger partial charge in [0.25, 0.3) is 5.91 Å². The molecular weight excluding hydrogens is 278 g/mol. The standard InChI is InChI=1S/C15H16F2N2O2/c16-10-4-5-12(11(17)8-10)19-14(20)9-13(15(19)21)18-6-2-1-3-7-18/h4-5,8,13H,1-3,6-7,9H2/t13-/m0/s1. The van der Waals surface area contributed by atoms with Gasteiger partial charge in [0.1, 0.15) is 11.6 Å². The lowest BCUT2D eigenvalue weighted by Crippen LogP contribution is -2.44. The number of hydrogen-bond acceptors (Lipinski definition) is 3. The van der Waals surface area contributed by atoms with Crippen LogP contribution in [-0.2, 0) is 9.59 Å². The number of likely N-dealkylation sites (tertiary alicyclic amines) is 1. The van der Waals surface area contributed by atoms with Gasteiger partial charge in [-0.2, -0.15) is 0 Å². The van der Waals surface area contributed by atoms with Crippen LogP contribution in [0, 0.1) is 11.6 Å². The van der Waals surface area contributed by atoms with Crippen LogP contribution >= 0.6 is 0 Å². The first-order valence-electron chi connectivity index (χ1n) is 7.14. The topological polar surface area (TPSA) is 40.6 Å². The maximum absolute atomic E-state index is 13.8. The predicted molar refractivity (Wildman–Crippen MR) is 72.7 cm³/mol. The number of carbonyl (C=O) groups excluding carboxylic acids is 2. The van der Waals surface area contributed by atoms with Crippen molar-refractivity contribution in [1.29, 1.82) is 0 Å². The Labute approximate surface area is 121 Å². The van der Waals surface area contributed by atoms with Gasteiger partial charge in [-0.05, 0) is 38.1 Å². The molecule has 6 heteroatoms. The van der Waals surface area contributed by atoms with Crippen molar-refractivity contribution in [2.75, 3.05) is 18.0 Å². The van der Waals surface area contributed by atoms with E-state index in [4.69, 9.17) is 0 Å². The van der Waals surface area contributed by atoms with Crippen LogP contribution in [0.15, 0.2) is 18.2 Å². The second kappa shape index (κ2) is 5.52. The molecule has 0 saturated carbocycles. The molecule has 2 fully saturated rings. The predicted octanol–water partition coefficient (Wildman–Crippen LogP) is 2.08. The lowest BCUT2D eigenvalue weighted by molar-refractivity contribution is -0.123. The first-order valence-corrected chi connectivity index (χ1v) is 7.14. The summed E-state index contributed by atoms with van der Waals surface area (Å²) < 4.78 is 26.8. The Morgan fingerprint density at radius 3 is 2.43 bits per heavy atom. The average Bonchev–Trinajstić information content (AvgIpc) is 2.76. The quantitative estimate of drug-likeness (QED) is 0.784. The van der Waals surface area contributed by atoms with E-state index >= 15 is 0 Å². The molecule has 0 spiro atoms. The Kier molecular flexibility index (Phi) is 3.71. The molecule has 0 radical (unpaired) electrons. The highest BCUT2D eigenvalue weighted by atomic mass is 19.1. The first kappa shape index (κ1) is 14.1. The smallest absolute Gasteiger partial charge is 0.251 e. The number of amides is 2. The van der Waals surface area contributed by atoms with E-state index in [1.54, 1.807) is 0 Å². The minimum absolute atomic E-state index is 0.0651. The Balaban J connectivity index is 1.86. The van der Waals surface area contributed by atoms with Crippen LogP contribution in [-0.4, -0.2) is 35.8 Å². The molecule has 0 aliphatic carbocycles. The van der Waals surface area contributed by atoms with Gasteiger partial charge in [0.2, 0.25) is 5.91 Å². The first-order chi connectivity index (χ1) is 10.1. The summed E-state index contributed by atoms with van der Waals surface area (Å²) in [5.41, 5.74) is -0.161. The second-order valence-corrected chi connectivity index (χ2v) is 5.48. The molecule has 2 amide bonds. The van der Waals surface area contributed by atoms with Crippen LogP contribution in [0.3, 0.4) is 0 Å². The summed E-state index contributed by atoms with van der Waals surface area (Å²) in [6.07, 6.45) is 3.20. The molecule has 0 N–H and O–H groups in total. The maximum Gasteiger partial charge on any atom is 0.251 e. The fraction of sp³-hybridized carbons (Fsp3) is 0.467. The number of piperidine rings is 1. The number of imide groups is 1. The van der Waals surface area contributed by atoms with Gasteiger partial charge >= 0.3 is 0 Å². The van der Waals surface area contributed by atoms with Gasteiger partial charge < -0.3 is 0 Å². The normalized spacial score (nSPS) is 23.9. The molecule has 1 atom stereocenters. The van der Waals surface area contributed by atoms with Crippen molar-refractivity contribution in [2.24, 2.45) is 0 Å². The molecule has 1 aromatic rings. The molecule has 3 rings (SSSR count). The summed E-state index contributed by atoms with van der Waals surface area (Å²) in [7, 11) is 0. The van der Waals surface area contributed by atoms with E-state index in [0.29, 0.717) is 6.07 Å². The number of hydrogen-bond donors (Lipinski definition) is 0. The summed E-state index contributed by atoms with van der Waals surface area (Å²) >= 11 is 0. The van der Waals surface area contributed by atoms with Crippen LogP contribution in [0.2, 0.25) is 0 Å². The second-order valence-electron chi connectivity index (χ2n) is 5.48. The van der Waals surface area contributed by atoms with Crippen molar-refractivity contribution in [2.45, 2.75) is 31.7 Å². The summed E-state index contributed by atoms with van der Waals surface area (Å²) in [6.45, 7) is 1.56. The number of nitrogens with zero attached hydrogens (tertiary/aromatic N) is 2. The Hall–Kier alpha value is -1.82. The largest absolute Gasteiger partial charge is 0.292 e. The van der Waals surface area contributed by atoms with Crippen molar-refractivity contribution >= 4 is 17.5 Å². The third-order valence-electron chi connectivity index (χ3n) is 4.10. The molecule has 0 bridgehead atoms. The lowest BCUT2D eigenvalue weighted by Gasteiger charge is -2.30. The fourth-order valence-electron chi connectivity index (χ4n) is 3.05. The van der Waals surface area contributed by atoms with Crippen molar-refractivity contribution in [3.05, 3.63) is 29.8 Å². The molecular formula is C15H16F2N2O2. The van der Waals surface area contributed by atoms with Gasteiger partial charge in [-0.1, -0.05) is 6.42 Å². The SMILES string of the molecule is O=C1C[C@H](N2CCCCC2)C(=O)N1c1ccc(F)cc1F. The van der Waals surface area contributed by atoms with E-state index < -0.39 is 29.5 Å². The molecule has 112 valence electrons. The molecule has 2 aliphatic heterocycles.